The summed E-state index contributed by atoms with van der Waals surface area (Å²) in [7, 11) is 1.71. The van der Waals surface area contributed by atoms with E-state index in [1.54, 1.807) is 19.2 Å². The van der Waals surface area contributed by atoms with Crippen LogP contribution in [0.2, 0.25) is 0 Å². The van der Waals surface area contributed by atoms with Crippen molar-refractivity contribution in [3.63, 3.8) is 0 Å². The molecule has 0 aliphatic heterocycles. The Morgan fingerprint density at radius 1 is 1.18 bits per heavy atom. The van der Waals surface area contributed by atoms with Crippen LogP contribution in [-0.4, -0.2) is 38.5 Å². The van der Waals surface area contributed by atoms with Gasteiger partial charge in [-0.1, -0.05) is 38.8 Å². The summed E-state index contributed by atoms with van der Waals surface area (Å²) in [5.74, 6) is 1.15. The van der Waals surface area contributed by atoms with Crippen LogP contribution in [0.15, 0.2) is 29.3 Å². The van der Waals surface area contributed by atoms with Crippen molar-refractivity contribution in [3.05, 3.63) is 35.6 Å². The van der Waals surface area contributed by atoms with E-state index in [1.165, 1.54) is 31.7 Å². The minimum atomic E-state index is -0.241. The summed E-state index contributed by atoms with van der Waals surface area (Å²) in [5, 5.41) is 9.45. The van der Waals surface area contributed by atoms with Crippen molar-refractivity contribution < 1.29 is 9.18 Å². The quantitative estimate of drug-likeness (QED) is 0.220. The standard InChI is InChI=1S/C21H33FN4O.HI/c1-21(2,17-9-6-10-18(22)14-17)15-26-20(23-3)25-12-11-24-19(27)13-16-7-4-5-8-16;/h6,9-10,14,16H,4-5,7-8,11-13,15H2,1-3H3,(H,24,27)(H2,23,25,26);1H. The van der Waals surface area contributed by atoms with Crippen LogP contribution in [0, 0.1) is 11.7 Å². The van der Waals surface area contributed by atoms with Crippen molar-refractivity contribution in [1.82, 2.24) is 16.0 Å². The zero-order valence-electron chi connectivity index (χ0n) is 17.2. The number of aliphatic imine (C=N–C) groups is 1. The van der Waals surface area contributed by atoms with Gasteiger partial charge in [0.25, 0.3) is 0 Å². The van der Waals surface area contributed by atoms with E-state index in [1.807, 2.05) is 6.07 Å². The van der Waals surface area contributed by atoms with E-state index in [9.17, 15) is 9.18 Å². The Kier molecular flexibility index (Phi) is 10.8. The number of amides is 1. The van der Waals surface area contributed by atoms with Gasteiger partial charge in [-0.15, -0.1) is 24.0 Å². The van der Waals surface area contributed by atoms with E-state index in [0.717, 1.165) is 5.56 Å². The molecule has 1 fully saturated rings. The molecule has 1 aromatic rings. The van der Waals surface area contributed by atoms with Gasteiger partial charge < -0.3 is 16.0 Å². The summed E-state index contributed by atoms with van der Waals surface area (Å²) in [5.41, 5.74) is 0.694. The average molecular weight is 504 g/mol. The second-order valence-electron chi connectivity index (χ2n) is 7.95. The lowest BCUT2D eigenvalue weighted by Crippen LogP contribution is -2.45. The molecular weight excluding hydrogens is 470 g/mol. The summed E-state index contributed by atoms with van der Waals surface area (Å²) < 4.78 is 13.5. The first-order chi connectivity index (χ1) is 12.9. The lowest BCUT2D eigenvalue weighted by molar-refractivity contribution is -0.121. The number of nitrogens with one attached hydrogen (secondary N) is 3. The third-order valence-electron chi connectivity index (χ3n) is 5.22. The highest BCUT2D eigenvalue weighted by Crippen LogP contribution is 2.27. The minimum absolute atomic E-state index is 0. The van der Waals surface area contributed by atoms with Gasteiger partial charge in [0.1, 0.15) is 5.82 Å². The maximum Gasteiger partial charge on any atom is 0.220 e. The largest absolute Gasteiger partial charge is 0.356 e. The van der Waals surface area contributed by atoms with Crippen LogP contribution in [0.4, 0.5) is 4.39 Å². The Morgan fingerprint density at radius 3 is 2.50 bits per heavy atom. The van der Waals surface area contributed by atoms with Crippen LogP contribution in [0.25, 0.3) is 0 Å². The first-order valence-corrected chi connectivity index (χ1v) is 9.88. The van der Waals surface area contributed by atoms with Crippen LogP contribution in [0.1, 0.15) is 51.5 Å². The molecule has 5 nitrogen and oxygen atoms in total. The number of carbonyl (C=O) groups excluding carboxylic acids is 1. The van der Waals surface area contributed by atoms with Crippen LogP contribution in [0.3, 0.4) is 0 Å². The predicted octanol–water partition coefficient (Wildman–Crippen LogP) is 3.58. The molecule has 0 radical (unpaired) electrons. The van der Waals surface area contributed by atoms with Crippen LogP contribution < -0.4 is 16.0 Å². The predicted molar refractivity (Wildman–Crippen MR) is 124 cm³/mol. The van der Waals surface area contributed by atoms with Gasteiger partial charge in [0.2, 0.25) is 5.91 Å². The van der Waals surface area contributed by atoms with Crippen molar-refractivity contribution in [3.8, 4) is 0 Å². The number of hydrogen-bond donors (Lipinski definition) is 3. The van der Waals surface area contributed by atoms with Gasteiger partial charge in [-0.3, -0.25) is 9.79 Å². The van der Waals surface area contributed by atoms with Gasteiger partial charge in [0, 0.05) is 38.5 Å². The monoisotopic (exact) mass is 504 g/mol. The molecule has 1 aliphatic carbocycles. The van der Waals surface area contributed by atoms with Gasteiger partial charge >= 0.3 is 0 Å². The molecule has 2 rings (SSSR count). The highest BCUT2D eigenvalue weighted by atomic mass is 127. The van der Waals surface area contributed by atoms with Gasteiger partial charge in [-0.25, -0.2) is 4.39 Å². The summed E-state index contributed by atoms with van der Waals surface area (Å²) in [4.78, 5) is 16.1. The zero-order valence-corrected chi connectivity index (χ0v) is 19.5. The zero-order chi connectivity index (χ0) is 19.7. The number of nitrogens with zero attached hydrogens (tertiary/aromatic N) is 1. The van der Waals surface area contributed by atoms with Crippen LogP contribution in [-0.2, 0) is 10.2 Å². The molecule has 0 atom stereocenters. The number of hydrogen-bond acceptors (Lipinski definition) is 2. The normalized spacial score (nSPS) is 15.1. The number of rotatable bonds is 8. The molecule has 0 saturated heterocycles. The van der Waals surface area contributed by atoms with E-state index in [0.29, 0.717) is 37.9 Å². The Balaban J connectivity index is 0.00000392. The van der Waals surface area contributed by atoms with E-state index in [2.05, 4.69) is 34.8 Å². The second kappa shape index (κ2) is 12.2. The highest BCUT2D eigenvalue weighted by Gasteiger charge is 2.21. The van der Waals surface area contributed by atoms with E-state index in [-0.39, 0.29) is 41.1 Å². The molecule has 0 heterocycles. The Labute approximate surface area is 185 Å². The number of halogens is 2. The lowest BCUT2D eigenvalue weighted by Gasteiger charge is -2.27. The van der Waals surface area contributed by atoms with E-state index in [4.69, 9.17) is 0 Å². The van der Waals surface area contributed by atoms with Gasteiger partial charge in [0.05, 0.1) is 0 Å². The molecule has 158 valence electrons. The van der Waals surface area contributed by atoms with Crippen molar-refractivity contribution >= 4 is 35.8 Å². The molecule has 28 heavy (non-hydrogen) atoms. The summed E-state index contributed by atoms with van der Waals surface area (Å²) in [6.45, 7) is 5.91. The molecule has 3 N–H and O–H groups in total. The number of carbonyl (C=O) groups is 1. The Morgan fingerprint density at radius 2 is 1.86 bits per heavy atom. The van der Waals surface area contributed by atoms with Crippen molar-refractivity contribution in [2.24, 2.45) is 10.9 Å². The molecule has 1 aromatic carbocycles. The van der Waals surface area contributed by atoms with Gasteiger partial charge in [-0.2, -0.15) is 0 Å². The maximum atomic E-state index is 13.5. The molecule has 1 saturated carbocycles. The molecule has 0 unspecified atom stereocenters. The Bertz CT molecular complexity index is 645. The van der Waals surface area contributed by atoms with Crippen molar-refractivity contribution in [2.45, 2.75) is 51.4 Å². The van der Waals surface area contributed by atoms with Gasteiger partial charge in [0.15, 0.2) is 5.96 Å². The molecule has 0 aromatic heterocycles. The second-order valence-corrected chi connectivity index (χ2v) is 7.95. The molecule has 1 aliphatic rings. The number of benzene rings is 1. The van der Waals surface area contributed by atoms with Crippen LogP contribution >= 0.6 is 24.0 Å². The molecular formula is C21H34FIN4O. The minimum Gasteiger partial charge on any atom is -0.356 e. The lowest BCUT2D eigenvalue weighted by atomic mass is 9.84. The van der Waals surface area contributed by atoms with E-state index >= 15 is 0 Å². The number of guanidine groups is 1. The maximum absolute atomic E-state index is 13.5. The smallest absolute Gasteiger partial charge is 0.220 e. The highest BCUT2D eigenvalue weighted by molar-refractivity contribution is 14.0. The van der Waals surface area contributed by atoms with Crippen molar-refractivity contribution in [1.29, 1.82) is 0 Å². The summed E-state index contributed by atoms with van der Waals surface area (Å²) >= 11 is 0. The Hall–Kier alpha value is -1.38. The fraction of sp³-hybridized carbons (Fsp3) is 0.619. The first kappa shape index (κ1) is 24.7. The fourth-order valence-electron chi connectivity index (χ4n) is 3.47. The molecule has 1 amide bonds. The third kappa shape index (κ3) is 8.32. The first-order valence-electron chi connectivity index (χ1n) is 9.88. The van der Waals surface area contributed by atoms with E-state index < -0.39 is 0 Å². The molecule has 0 bridgehead atoms. The molecule has 7 heteroatoms. The fourth-order valence-corrected chi connectivity index (χ4v) is 3.47. The summed E-state index contributed by atoms with van der Waals surface area (Å²) in [6.07, 6.45) is 5.53. The van der Waals surface area contributed by atoms with Gasteiger partial charge in [-0.05, 0) is 36.5 Å². The van der Waals surface area contributed by atoms with Crippen molar-refractivity contribution in [2.75, 3.05) is 26.7 Å². The third-order valence-corrected chi connectivity index (χ3v) is 5.22. The topological polar surface area (TPSA) is 65.5 Å². The summed E-state index contributed by atoms with van der Waals surface area (Å²) in [6, 6.07) is 6.68. The SMILES string of the molecule is CN=C(NCCNC(=O)CC1CCCC1)NCC(C)(C)c1cccc(F)c1.I. The van der Waals surface area contributed by atoms with Crippen LogP contribution in [0.5, 0.6) is 0 Å². The molecule has 0 spiro atoms. The average Bonchev–Trinajstić information content (AvgIpc) is 3.14.